The van der Waals surface area contributed by atoms with Crippen LogP contribution < -0.4 is 5.32 Å². The summed E-state index contributed by atoms with van der Waals surface area (Å²) in [5.74, 6) is -0.260. The highest BCUT2D eigenvalue weighted by Gasteiger charge is 2.17. The van der Waals surface area contributed by atoms with E-state index in [4.69, 9.17) is 0 Å². The highest BCUT2D eigenvalue weighted by Crippen LogP contribution is 2.31. The topological polar surface area (TPSA) is 90.1 Å². The fourth-order valence-electron chi connectivity index (χ4n) is 2.76. The van der Waals surface area contributed by atoms with Crippen LogP contribution in [0.5, 0.6) is 0 Å². The van der Waals surface area contributed by atoms with Gasteiger partial charge in [0.25, 0.3) is 11.6 Å². The van der Waals surface area contributed by atoms with Gasteiger partial charge < -0.3 is 5.32 Å². The number of anilines is 1. The summed E-state index contributed by atoms with van der Waals surface area (Å²) >= 11 is 1.36. The summed E-state index contributed by atoms with van der Waals surface area (Å²) in [6.07, 6.45) is 0. The Morgan fingerprint density at radius 1 is 1.15 bits per heavy atom. The Labute approximate surface area is 158 Å². The Morgan fingerprint density at radius 3 is 2.52 bits per heavy atom. The summed E-state index contributed by atoms with van der Waals surface area (Å²) in [6.45, 7) is 1.91. The van der Waals surface area contributed by atoms with Crippen LogP contribution in [0, 0.1) is 17.0 Å². The van der Waals surface area contributed by atoms with E-state index in [-0.39, 0.29) is 11.6 Å². The fraction of sp³-hybridized carbons (Fsp3) is 0.0526. The van der Waals surface area contributed by atoms with Gasteiger partial charge in [-0.2, -0.15) is 5.10 Å². The zero-order valence-electron chi connectivity index (χ0n) is 14.2. The van der Waals surface area contributed by atoms with Gasteiger partial charge in [0.15, 0.2) is 0 Å². The Balaban J connectivity index is 1.64. The van der Waals surface area contributed by atoms with Crippen molar-refractivity contribution in [2.75, 3.05) is 5.32 Å². The number of non-ortho nitro benzene ring substituents is 1. The molecule has 0 aliphatic heterocycles. The number of rotatable bonds is 4. The van der Waals surface area contributed by atoms with Gasteiger partial charge in [-0.3, -0.25) is 14.9 Å². The molecular weight excluding hydrogens is 364 g/mol. The number of carbonyl (C=O) groups is 1. The van der Waals surface area contributed by atoms with Crippen LogP contribution in [0.4, 0.5) is 11.4 Å². The van der Waals surface area contributed by atoms with Gasteiger partial charge in [0.05, 0.1) is 21.2 Å². The van der Waals surface area contributed by atoms with Crippen LogP contribution in [0.25, 0.3) is 15.9 Å². The van der Waals surface area contributed by atoms with E-state index in [1.807, 2.05) is 48.0 Å². The first-order valence-corrected chi connectivity index (χ1v) is 8.95. The van der Waals surface area contributed by atoms with Crippen LogP contribution in [0.1, 0.15) is 15.4 Å². The van der Waals surface area contributed by atoms with Crippen molar-refractivity contribution in [3.8, 4) is 5.69 Å². The first kappa shape index (κ1) is 16.9. The molecule has 0 fully saturated rings. The normalized spacial score (nSPS) is 10.9. The molecule has 134 valence electrons. The van der Waals surface area contributed by atoms with Gasteiger partial charge >= 0.3 is 0 Å². The molecule has 1 amide bonds. The minimum absolute atomic E-state index is 0.0200. The van der Waals surface area contributed by atoms with Crippen LogP contribution in [0.15, 0.2) is 60.7 Å². The number of fused-ring (bicyclic) bond motifs is 1. The molecule has 0 bridgehead atoms. The molecule has 7 nitrogen and oxygen atoms in total. The summed E-state index contributed by atoms with van der Waals surface area (Å²) < 4.78 is 1.83. The summed E-state index contributed by atoms with van der Waals surface area (Å²) in [7, 11) is 0. The quantitative estimate of drug-likeness (QED) is 0.416. The lowest BCUT2D eigenvalue weighted by atomic mass is 10.2. The number of nitro benzene ring substituents is 1. The molecule has 0 aliphatic rings. The number of hydrogen-bond donors (Lipinski definition) is 1. The molecule has 4 rings (SSSR count). The molecule has 0 saturated heterocycles. The number of carbonyl (C=O) groups excluding carboxylic acids is 1. The third-order valence-corrected chi connectivity index (χ3v) is 5.21. The Kier molecular flexibility index (Phi) is 4.17. The largest absolute Gasteiger partial charge is 0.321 e. The number of amides is 1. The van der Waals surface area contributed by atoms with Crippen molar-refractivity contribution in [1.29, 1.82) is 0 Å². The number of thiophene rings is 1. The summed E-state index contributed by atoms with van der Waals surface area (Å²) in [6, 6.07) is 17.3. The summed E-state index contributed by atoms with van der Waals surface area (Å²) in [5.41, 5.74) is 2.26. The predicted molar refractivity (Wildman–Crippen MR) is 105 cm³/mol. The smallest absolute Gasteiger partial charge is 0.269 e. The summed E-state index contributed by atoms with van der Waals surface area (Å²) in [4.78, 5) is 24.3. The van der Waals surface area contributed by atoms with E-state index >= 15 is 0 Å². The second-order valence-corrected chi connectivity index (χ2v) is 6.95. The lowest BCUT2D eigenvalue weighted by Crippen LogP contribution is -2.10. The van der Waals surface area contributed by atoms with E-state index in [1.54, 1.807) is 0 Å². The number of nitrogens with zero attached hydrogens (tertiary/aromatic N) is 3. The SMILES string of the molecule is Cc1nn(-c2ccccc2)c2sc(C(=O)Nc3ccc([N+](=O)[O-])cc3)cc12. The number of para-hydroxylation sites is 1. The van der Waals surface area contributed by atoms with Crippen molar-refractivity contribution >= 4 is 38.8 Å². The number of benzene rings is 2. The second-order valence-electron chi connectivity index (χ2n) is 5.92. The van der Waals surface area contributed by atoms with Crippen LogP contribution in [-0.2, 0) is 0 Å². The lowest BCUT2D eigenvalue weighted by molar-refractivity contribution is -0.384. The van der Waals surface area contributed by atoms with Crippen molar-refractivity contribution in [3.05, 3.63) is 81.3 Å². The molecule has 2 aromatic heterocycles. The molecule has 2 heterocycles. The van der Waals surface area contributed by atoms with Crippen LogP contribution in [0.2, 0.25) is 0 Å². The first-order valence-electron chi connectivity index (χ1n) is 8.13. The Morgan fingerprint density at radius 2 is 1.85 bits per heavy atom. The predicted octanol–water partition coefficient (Wildman–Crippen LogP) is 4.56. The van der Waals surface area contributed by atoms with Gasteiger partial charge in [-0.15, -0.1) is 11.3 Å². The molecule has 0 saturated carbocycles. The molecule has 2 aromatic carbocycles. The van der Waals surface area contributed by atoms with E-state index in [1.165, 1.54) is 35.6 Å². The van der Waals surface area contributed by atoms with Crippen molar-refractivity contribution in [2.24, 2.45) is 0 Å². The minimum atomic E-state index is -0.476. The van der Waals surface area contributed by atoms with E-state index in [0.717, 1.165) is 21.6 Å². The van der Waals surface area contributed by atoms with E-state index < -0.39 is 4.92 Å². The standard InChI is InChI=1S/C19H14N4O3S/c1-12-16-11-17(18(24)20-13-7-9-15(10-8-13)23(25)26)27-19(16)22(21-12)14-5-3-2-4-6-14/h2-11H,1H3,(H,20,24). The Hall–Kier alpha value is -3.52. The maximum atomic E-state index is 12.6. The fourth-order valence-corrected chi connectivity index (χ4v) is 3.84. The van der Waals surface area contributed by atoms with E-state index in [0.29, 0.717) is 10.6 Å². The second kappa shape index (κ2) is 6.65. The van der Waals surface area contributed by atoms with Crippen LogP contribution in [-0.4, -0.2) is 20.6 Å². The zero-order valence-corrected chi connectivity index (χ0v) is 15.1. The molecule has 0 radical (unpaired) electrons. The average molecular weight is 378 g/mol. The van der Waals surface area contributed by atoms with Crippen molar-refractivity contribution < 1.29 is 9.72 Å². The van der Waals surface area contributed by atoms with Crippen molar-refractivity contribution in [3.63, 3.8) is 0 Å². The number of nitrogens with one attached hydrogen (secondary N) is 1. The third kappa shape index (κ3) is 3.18. The van der Waals surface area contributed by atoms with Crippen molar-refractivity contribution in [2.45, 2.75) is 6.92 Å². The molecule has 0 aliphatic carbocycles. The van der Waals surface area contributed by atoms with Gasteiger partial charge in [0.1, 0.15) is 4.83 Å². The van der Waals surface area contributed by atoms with E-state index in [2.05, 4.69) is 10.4 Å². The molecule has 0 atom stereocenters. The third-order valence-electron chi connectivity index (χ3n) is 4.11. The number of aryl methyl sites for hydroxylation is 1. The lowest BCUT2D eigenvalue weighted by Gasteiger charge is -2.03. The van der Waals surface area contributed by atoms with E-state index in [9.17, 15) is 14.9 Å². The number of aromatic nitrogens is 2. The molecule has 27 heavy (non-hydrogen) atoms. The molecule has 0 spiro atoms. The minimum Gasteiger partial charge on any atom is -0.321 e. The van der Waals surface area contributed by atoms with Gasteiger partial charge in [-0.05, 0) is 37.3 Å². The highest BCUT2D eigenvalue weighted by molar-refractivity contribution is 7.20. The van der Waals surface area contributed by atoms with Crippen LogP contribution in [0.3, 0.4) is 0 Å². The maximum absolute atomic E-state index is 12.6. The van der Waals surface area contributed by atoms with Gasteiger partial charge in [0.2, 0.25) is 0 Å². The molecule has 4 aromatic rings. The van der Waals surface area contributed by atoms with Crippen molar-refractivity contribution in [1.82, 2.24) is 9.78 Å². The first-order chi connectivity index (χ1) is 13.0. The maximum Gasteiger partial charge on any atom is 0.269 e. The van der Waals surface area contributed by atoms with Gasteiger partial charge in [0, 0.05) is 23.2 Å². The summed E-state index contributed by atoms with van der Waals surface area (Å²) in [5, 5.41) is 19.0. The number of hydrogen-bond acceptors (Lipinski definition) is 5. The monoisotopic (exact) mass is 378 g/mol. The Bertz CT molecular complexity index is 1150. The number of nitro groups is 1. The molecular formula is C19H14N4O3S. The zero-order chi connectivity index (χ0) is 19.0. The highest BCUT2D eigenvalue weighted by atomic mass is 32.1. The molecule has 0 unspecified atom stereocenters. The molecule has 8 heteroatoms. The van der Waals surface area contributed by atoms with Gasteiger partial charge in [-0.1, -0.05) is 18.2 Å². The molecule has 1 N–H and O–H groups in total. The average Bonchev–Trinajstić information content (AvgIpc) is 3.24. The van der Waals surface area contributed by atoms with Crippen LogP contribution >= 0.6 is 11.3 Å². The van der Waals surface area contributed by atoms with Gasteiger partial charge in [-0.25, -0.2) is 4.68 Å².